The van der Waals surface area contributed by atoms with E-state index >= 15 is 0 Å². The molecule has 1 atom stereocenters. The third-order valence-electron chi connectivity index (χ3n) is 5.87. The molecule has 2 heterocycles. The minimum atomic E-state index is 0. The Morgan fingerprint density at radius 3 is 2.66 bits per heavy atom. The summed E-state index contributed by atoms with van der Waals surface area (Å²) in [5.41, 5.74) is 2.63. The highest BCUT2D eigenvalue weighted by molar-refractivity contribution is 14.0. The first kappa shape index (κ1) is 24.6. The molecule has 29 heavy (non-hydrogen) atoms. The number of benzene rings is 1. The van der Waals surface area contributed by atoms with Gasteiger partial charge in [-0.2, -0.15) is 11.8 Å². The van der Waals surface area contributed by atoms with Gasteiger partial charge in [-0.1, -0.05) is 17.7 Å². The summed E-state index contributed by atoms with van der Waals surface area (Å²) in [5.74, 6) is 0.957. The normalized spacial score (nSPS) is 22.0. The van der Waals surface area contributed by atoms with Gasteiger partial charge in [0.15, 0.2) is 5.96 Å². The van der Waals surface area contributed by atoms with Crippen LogP contribution in [0.25, 0.3) is 0 Å². The van der Waals surface area contributed by atoms with Gasteiger partial charge in [-0.3, -0.25) is 4.99 Å². The first-order valence-corrected chi connectivity index (χ1v) is 11.9. The predicted molar refractivity (Wildman–Crippen MR) is 137 cm³/mol. The van der Waals surface area contributed by atoms with Crippen LogP contribution >= 0.6 is 35.7 Å². The van der Waals surface area contributed by atoms with Gasteiger partial charge in [0.25, 0.3) is 0 Å². The largest absolute Gasteiger partial charge is 0.381 e. The maximum Gasteiger partial charge on any atom is 0.191 e. The van der Waals surface area contributed by atoms with Crippen molar-refractivity contribution >= 4 is 47.4 Å². The van der Waals surface area contributed by atoms with Crippen LogP contribution in [0.1, 0.15) is 38.2 Å². The van der Waals surface area contributed by atoms with Crippen LogP contribution in [0, 0.1) is 6.92 Å². The van der Waals surface area contributed by atoms with Gasteiger partial charge in [-0.05, 0) is 57.9 Å². The molecule has 1 unspecified atom stereocenters. The number of anilines is 1. The average Bonchev–Trinajstić information content (AvgIpc) is 2.74. The number of ether oxygens (including phenoxy) is 1. The lowest BCUT2D eigenvalue weighted by atomic mass is 9.99. The SMILES string of the molecule is CCNC(=NCC1(SC)CCOCC1)NC1CCCN(c2ccc(C)cc2)C1.I. The Kier molecular flexibility index (Phi) is 10.4. The van der Waals surface area contributed by atoms with Crippen molar-refractivity contribution in [2.75, 3.05) is 50.5 Å². The van der Waals surface area contributed by atoms with Gasteiger partial charge in [0.1, 0.15) is 0 Å². The number of nitrogens with one attached hydrogen (secondary N) is 2. The number of hydrogen-bond donors (Lipinski definition) is 2. The Morgan fingerprint density at radius 1 is 1.28 bits per heavy atom. The second-order valence-corrected chi connectivity index (χ2v) is 9.23. The van der Waals surface area contributed by atoms with E-state index in [9.17, 15) is 0 Å². The summed E-state index contributed by atoms with van der Waals surface area (Å²) >= 11 is 1.95. The molecule has 1 aromatic carbocycles. The van der Waals surface area contributed by atoms with Crippen molar-refractivity contribution in [3.63, 3.8) is 0 Å². The Hall–Kier alpha value is -0.670. The molecular formula is C22H37IN4OS. The minimum Gasteiger partial charge on any atom is -0.381 e. The van der Waals surface area contributed by atoms with Crippen LogP contribution < -0.4 is 15.5 Å². The number of aliphatic imine (C=N–C) groups is 1. The molecule has 7 heteroatoms. The van der Waals surface area contributed by atoms with Crippen LogP contribution in [0.15, 0.2) is 29.3 Å². The van der Waals surface area contributed by atoms with Gasteiger partial charge in [0.05, 0.1) is 6.54 Å². The molecule has 0 aliphatic carbocycles. The maximum atomic E-state index is 5.57. The van der Waals surface area contributed by atoms with E-state index in [4.69, 9.17) is 9.73 Å². The van der Waals surface area contributed by atoms with E-state index in [0.717, 1.165) is 58.2 Å². The zero-order valence-electron chi connectivity index (χ0n) is 18.1. The zero-order valence-corrected chi connectivity index (χ0v) is 21.2. The molecule has 2 aliphatic heterocycles. The quantitative estimate of drug-likeness (QED) is 0.329. The second kappa shape index (κ2) is 12.2. The fourth-order valence-corrected chi connectivity index (χ4v) is 4.76. The lowest BCUT2D eigenvalue weighted by Gasteiger charge is -2.36. The molecule has 0 saturated carbocycles. The van der Waals surface area contributed by atoms with Gasteiger partial charge in [-0.15, -0.1) is 24.0 Å². The van der Waals surface area contributed by atoms with Crippen molar-refractivity contribution in [1.29, 1.82) is 0 Å². The molecular weight excluding hydrogens is 495 g/mol. The number of aryl methyl sites for hydroxylation is 1. The second-order valence-electron chi connectivity index (χ2n) is 7.96. The maximum absolute atomic E-state index is 5.57. The fourth-order valence-electron chi connectivity index (χ4n) is 3.99. The molecule has 1 aromatic rings. The Morgan fingerprint density at radius 2 is 2.00 bits per heavy atom. The fraction of sp³-hybridized carbons (Fsp3) is 0.682. The molecule has 5 nitrogen and oxygen atoms in total. The summed E-state index contributed by atoms with van der Waals surface area (Å²) in [6.07, 6.45) is 6.77. The number of thioether (sulfide) groups is 1. The number of piperidine rings is 1. The monoisotopic (exact) mass is 532 g/mol. The lowest BCUT2D eigenvalue weighted by Crippen LogP contribution is -2.51. The molecule has 0 radical (unpaired) electrons. The molecule has 2 N–H and O–H groups in total. The minimum absolute atomic E-state index is 0. The smallest absolute Gasteiger partial charge is 0.191 e. The van der Waals surface area contributed by atoms with E-state index in [-0.39, 0.29) is 28.7 Å². The van der Waals surface area contributed by atoms with Gasteiger partial charge >= 0.3 is 0 Å². The van der Waals surface area contributed by atoms with E-state index in [1.54, 1.807) is 0 Å². The number of halogens is 1. The van der Waals surface area contributed by atoms with Crippen LogP contribution in [0.3, 0.4) is 0 Å². The molecule has 2 aliphatic rings. The molecule has 0 aromatic heterocycles. The Labute approximate surface area is 197 Å². The number of guanidine groups is 1. The van der Waals surface area contributed by atoms with Gasteiger partial charge in [-0.25, -0.2) is 0 Å². The zero-order chi connectivity index (χ0) is 19.8. The first-order chi connectivity index (χ1) is 13.6. The summed E-state index contributed by atoms with van der Waals surface area (Å²) in [6.45, 7) is 9.87. The lowest BCUT2D eigenvalue weighted by molar-refractivity contribution is 0.0794. The van der Waals surface area contributed by atoms with Crippen molar-refractivity contribution < 1.29 is 4.74 Å². The van der Waals surface area contributed by atoms with E-state index in [0.29, 0.717) is 6.04 Å². The molecule has 0 bridgehead atoms. The van der Waals surface area contributed by atoms with Crippen LogP contribution in [0.4, 0.5) is 5.69 Å². The van der Waals surface area contributed by atoms with E-state index in [1.165, 1.54) is 24.1 Å². The van der Waals surface area contributed by atoms with E-state index in [2.05, 4.69) is 59.9 Å². The molecule has 2 saturated heterocycles. The van der Waals surface area contributed by atoms with E-state index in [1.807, 2.05) is 11.8 Å². The summed E-state index contributed by atoms with van der Waals surface area (Å²) in [5, 5.41) is 7.16. The highest BCUT2D eigenvalue weighted by Crippen LogP contribution is 2.34. The van der Waals surface area contributed by atoms with Crippen LogP contribution in [0.5, 0.6) is 0 Å². The number of nitrogens with zero attached hydrogens (tertiary/aromatic N) is 2. The Bertz CT molecular complexity index is 634. The molecule has 164 valence electrons. The summed E-state index contributed by atoms with van der Waals surface area (Å²) < 4.78 is 5.79. The summed E-state index contributed by atoms with van der Waals surface area (Å²) in [7, 11) is 0. The van der Waals surface area contributed by atoms with Crippen LogP contribution in [0.2, 0.25) is 0 Å². The van der Waals surface area contributed by atoms with Crippen LogP contribution in [-0.4, -0.2) is 62.4 Å². The van der Waals surface area contributed by atoms with E-state index < -0.39 is 0 Å². The van der Waals surface area contributed by atoms with Crippen LogP contribution in [-0.2, 0) is 4.74 Å². The highest BCUT2D eigenvalue weighted by atomic mass is 127. The predicted octanol–water partition coefficient (Wildman–Crippen LogP) is 4.05. The van der Waals surface area contributed by atoms with Gasteiger partial charge in [0, 0.05) is 49.3 Å². The highest BCUT2D eigenvalue weighted by Gasteiger charge is 2.31. The number of rotatable bonds is 6. The van der Waals surface area contributed by atoms with Crippen molar-refractivity contribution in [2.24, 2.45) is 4.99 Å². The first-order valence-electron chi connectivity index (χ1n) is 10.6. The topological polar surface area (TPSA) is 48.9 Å². The molecule has 3 rings (SSSR count). The molecule has 0 amide bonds. The van der Waals surface area contributed by atoms with Crippen molar-refractivity contribution in [2.45, 2.75) is 50.3 Å². The summed E-state index contributed by atoms with van der Waals surface area (Å²) in [6, 6.07) is 9.31. The van der Waals surface area contributed by atoms with Crippen molar-refractivity contribution in [1.82, 2.24) is 10.6 Å². The third-order valence-corrected chi connectivity index (χ3v) is 7.27. The molecule has 2 fully saturated rings. The van der Waals surface area contributed by atoms with Crippen molar-refractivity contribution in [3.05, 3.63) is 29.8 Å². The van der Waals surface area contributed by atoms with Gasteiger partial charge < -0.3 is 20.3 Å². The molecule has 0 spiro atoms. The average molecular weight is 533 g/mol. The third kappa shape index (κ3) is 7.21. The Balaban J connectivity index is 0.00000300. The van der Waals surface area contributed by atoms with Crippen molar-refractivity contribution in [3.8, 4) is 0 Å². The van der Waals surface area contributed by atoms with Gasteiger partial charge in [0.2, 0.25) is 0 Å². The standard InChI is InChI=1S/C22H36N4OS.HI/c1-4-23-21(24-17-22(28-3)11-14-27-15-12-22)25-19-6-5-13-26(16-19)20-9-7-18(2)8-10-20;/h7-10,19H,4-6,11-17H2,1-3H3,(H2,23,24,25);1H. The number of hydrogen-bond acceptors (Lipinski definition) is 4. The summed E-state index contributed by atoms with van der Waals surface area (Å²) in [4.78, 5) is 7.48.